The Bertz CT molecular complexity index is 1050. The molecule has 1 N–H and O–H groups in total. The molecule has 2 aromatic carbocycles. The van der Waals surface area contributed by atoms with E-state index in [1.165, 1.54) is 24.3 Å². The third-order valence-electron chi connectivity index (χ3n) is 4.10. The van der Waals surface area contributed by atoms with E-state index in [0.29, 0.717) is 11.3 Å². The predicted octanol–water partition coefficient (Wildman–Crippen LogP) is 3.74. The van der Waals surface area contributed by atoms with E-state index >= 15 is 0 Å². The summed E-state index contributed by atoms with van der Waals surface area (Å²) in [6, 6.07) is 15.1. The van der Waals surface area contributed by atoms with Crippen LogP contribution in [0.3, 0.4) is 0 Å². The molecule has 1 heterocycles. The molecular formula is C20H16F3N3O2. The number of rotatable bonds is 4. The molecule has 3 aromatic rings. The SMILES string of the molecule is C[C@@H](NC(=O)c1ccc(=O)n(-c2ccccc2)n1)c1cccc(C(F)(F)F)c1. The van der Waals surface area contributed by atoms with Crippen molar-refractivity contribution in [3.05, 3.63) is 93.9 Å². The van der Waals surface area contributed by atoms with Gasteiger partial charge in [-0.05, 0) is 42.8 Å². The Hall–Kier alpha value is -3.42. The molecule has 0 aliphatic carbocycles. The summed E-state index contributed by atoms with van der Waals surface area (Å²) in [7, 11) is 0. The van der Waals surface area contributed by atoms with E-state index in [9.17, 15) is 22.8 Å². The number of hydrogen-bond donors (Lipinski definition) is 1. The van der Waals surface area contributed by atoms with Gasteiger partial charge in [0.1, 0.15) is 5.69 Å². The molecule has 1 aromatic heterocycles. The molecule has 0 unspecified atom stereocenters. The number of aromatic nitrogens is 2. The minimum absolute atomic E-state index is 0.0257. The average Bonchev–Trinajstić information content (AvgIpc) is 2.68. The number of nitrogens with zero attached hydrogens (tertiary/aromatic N) is 2. The Morgan fingerprint density at radius 1 is 1.04 bits per heavy atom. The number of halogens is 3. The topological polar surface area (TPSA) is 64.0 Å². The molecule has 1 amide bonds. The lowest BCUT2D eigenvalue weighted by Gasteiger charge is -2.16. The average molecular weight is 387 g/mol. The van der Waals surface area contributed by atoms with Crippen LogP contribution in [0, 0.1) is 0 Å². The molecule has 8 heteroatoms. The minimum Gasteiger partial charge on any atom is -0.344 e. The van der Waals surface area contributed by atoms with Gasteiger partial charge in [0.25, 0.3) is 11.5 Å². The number of nitrogens with one attached hydrogen (secondary N) is 1. The number of carbonyl (C=O) groups excluding carboxylic acids is 1. The Morgan fingerprint density at radius 2 is 1.75 bits per heavy atom. The largest absolute Gasteiger partial charge is 0.416 e. The predicted molar refractivity (Wildman–Crippen MR) is 97.2 cm³/mol. The zero-order valence-electron chi connectivity index (χ0n) is 14.8. The molecule has 5 nitrogen and oxygen atoms in total. The van der Waals surface area contributed by atoms with Crippen molar-refractivity contribution in [3.63, 3.8) is 0 Å². The van der Waals surface area contributed by atoms with Crippen LogP contribution in [0.15, 0.2) is 71.5 Å². The molecule has 3 rings (SSSR count). The van der Waals surface area contributed by atoms with Crippen LogP contribution in [-0.4, -0.2) is 15.7 Å². The second-order valence-electron chi connectivity index (χ2n) is 6.12. The van der Waals surface area contributed by atoms with E-state index in [4.69, 9.17) is 0 Å². The van der Waals surface area contributed by atoms with Crippen molar-refractivity contribution in [2.75, 3.05) is 0 Å². The van der Waals surface area contributed by atoms with Crippen molar-refractivity contribution in [1.29, 1.82) is 0 Å². The first-order valence-corrected chi connectivity index (χ1v) is 8.39. The molecule has 1 atom stereocenters. The van der Waals surface area contributed by atoms with Crippen LogP contribution in [0.4, 0.5) is 13.2 Å². The second-order valence-corrected chi connectivity index (χ2v) is 6.12. The van der Waals surface area contributed by atoms with E-state index in [1.807, 2.05) is 0 Å². The van der Waals surface area contributed by atoms with Crippen LogP contribution in [0.1, 0.15) is 34.6 Å². The van der Waals surface area contributed by atoms with Gasteiger partial charge in [-0.3, -0.25) is 9.59 Å². The van der Waals surface area contributed by atoms with Gasteiger partial charge >= 0.3 is 6.18 Å². The van der Waals surface area contributed by atoms with Gasteiger partial charge in [0, 0.05) is 6.07 Å². The molecule has 28 heavy (non-hydrogen) atoms. The molecular weight excluding hydrogens is 371 g/mol. The smallest absolute Gasteiger partial charge is 0.344 e. The van der Waals surface area contributed by atoms with Crippen LogP contribution < -0.4 is 10.9 Å². The Balaban J connectivity index is 1.83. The first-order chi connectivity index (χ1) is 13.3. The van der Waals surface area contributed by atoms with E-state index in [2.05, 4.69) is 10.4 Å². The van der Waals surface area contributed by atoms with E-state index in [0.717, 1.165) is 16.8 Å². The van der Waals surface area contributed by atoms with Crippen molar-refractivity contribution < 1.29 is 18.0 Å². The summed E-state index contributed by atoms with van der Waals surface area (Å²) in [5.74, 6) is -0.602. The van der Waals surface area contributed by atoms with Crippen molar-refractivity contribution in [2.24, 2.45) is 0 Å². The summed E-state index contributed by atoms with van der Waals surface area (Å²) in [6.07, 6.45) is -4.47. The zero-order valence-corrected chi connectivity index (χ0v) is 14.8. The fourth-order valence-corrected chi connectivity index (χ4v) is 2.62. The third-order valence-corrected chi connectivity index (χ3v) is 4.10. The normalized spacial score (nSPS) is 12.4. The Morgan fingerprint density at radius 3 is 2.43 bits per heavy atom. The van der Waals surface area contributed by atoms with Crippen LogP contribution >= 0.6 is 0 Å². The lowest BCUT2D eigenvalue weighted by Crippen LogP contribution is -2.30. The summed E-state index contributed by atoms with van der Waals surface area (Å²) < 4.78 is 39.7. The van der Waals surface area contributed by atoms with Crippen molar-refractivity contribution in [3.8, 4) is 5.69 Å². The van der Waals surface area contributed by atoms with Crippen LogP contribution in [0.2, 0.25) is 0 Å². The number of alkyl halides is 3. The number of carbonyl (C=O) groups is 1. The number of para-hydroxylation sites is 1. The monoisotopic (exact) mass is 387 g/mol. The van der Waals surface area contributed by atoms with Gasteiger partial charge in [0.05, 0.1) is 17.3 Å². The number of hydrogen-bond acceptors (Lipinski definition) is 3. The maximum Gasteiger partial charge on any atom is 0.416 e. The lowest BCUT2D eigenvalue weighted by atomic mass is 10.0. The maximum atomic E-state index is 12.9. The summed E-state index contributed by atoms with van der Waals surface area (Å²) in [5.41, 5.74) is -0.426. The van der Waals surface area contributed by atoms with Crippen LogP contribution in [0.25, 0.3) is 5.69 Å². The van der Waals surface area contributed by atoms with Gasteiger partial charge in [-0.25, -0.2) is 0 Å². The van der Waals surface area contributed by atoms with Gasteiger partial charge < -0.3 is 5.32 Å². The maximum absolute atomic E-state index is 12.9. The Kier molecular flexibility index (Phi) is 5.30. The molecule has 144 valence electrons. The van der Waals surface area contributed by atoms with Crippen molar-refractivity contribution >= 4 is 5.91 Å². The second kappa shape index (κ2) is 7.67. The van der Waals surface area contributed by atoms with Crippen LogP contribution in [-0.2, 0) is 6.18 Å². The lowest BCUT2D eigenvalue weighted by molar-refractivity contribution is -0.137. The molecule has 0 aliphatic rings. The molecule has 0 radical (unpaired) electrons. The minimum atomic E-state index is -4.47. The Labute approximate surface area is 158 Å². The standard InChI is InChI=1S/C20H16F3N3O2/c1-13(14-6-5-7-15(12-14)20(21,22)23)24-19(28)17-10-11-18(27)26(25-17)16-8-3-2-4-9-16/h2-13H,1H3,(H,24,28)/t13-/m1/s1. The molecule has 0 bridgehead atoms. The quantitative estimate of drug-likeness (QED) is 0.742. The third kappa shape index (κ3) is 4.28. The first-order valence-electron chi connectivity index (χ1n) is 8.39. The highest BCUT2D eigenvalue weighted by Crippen LogP contribution is 2.30. The number of amides is 1. The van der Waals surface area contributed by atoms with Gasteiger partial charge in [-0.1, -0.05) is 30.3 Å². The molecule has 0 saturated carbocycles. The van der Waals surface area contributed by atoms with E-state index < -0.39 is 29.2 Å². The first kappa shape index (κ1) is 19.3. The summed E-state index contributed by atoms with van der Waals surface area (Å²) in [5, 5.41) is 6.66. The highest BCUT2D eigenvalue weighted by Gasteiger charge is 2.30. The number of benzene rings is 2. The van der Waals surface area contributed by atoms with Crippen molar-refractivity contribution in [1.82, 2.24) is 15.1 Å². The highest BCUT2D eigenvalue weighted by molar-refractivity contribution is 5.92. The fourth-order valence-electron chi connectivity index (χ4n) is 2.62. The molecule has 0 saturated heterocycles. The van der Waals surface area contributed by atoms with Crippen molar-refractivity contribution in [2.45, 2.75) is 19.1 Å². The summed E-state index contributed by atoms with van der Waals surface area (Å²) in [6.45, 7) is 1.57. The van der Waals surface area contributed by atoms with Gasteiger partial charge in [0.2, 0.25) is 0 Å². The fraction of sp³-hybridized carbons (Fsp3) is 0.150. The molecule has 0 aliphatic heterocycles. The zero-order chi connectivity index (χ0) is 20.3. The summed E-state index contributed by atoms with van der Waals surface area (Å²) in [4.78, 5) is 24.5. The summed E-state index contributed by atoms with van der Waals surface area (Å²) >= 11 is 0. The van der Waals surface area contributed by atoms with Gasteiger partial charge in [-0.2, -0.15) is 23.0 Å². The highest BCUT2D eigenvalue weighted by atomic mass is 19.4. The van der Waals surface area contributed by atoms with Gasteiger partial charge in [-0.15, -0.1) is 0 Å². The van der Waals surface area contributed by atoms with E-state index in [1.54, 1.807) is 37.3 Å². The molecule has 0 spiro atoms. The van der Waals surface area contributed by atoms with Gasteiger partial charge in [0.15, 0.2) is 0 Å². The molecule has 0 fully saturated rings. The van der Waals surface area contributed by atoms with E-state index in [-0.39, 0.29) is 5.69 Å². The van der Waals surface area contributed by atoms with Crippen LogP contribution in [0.5, 0.6) is 0 Å².